The highest BCUT2D eigenvalue weighted by molar-refractivity contribution is 5.61. The highest BCUT2D eigenvalue weighted by atomic mass is 19.1. The van der Waals surface area contributed by atoms with Crippen LogP contribution in [0.1, 0.15) is 16.7 Å². The number of benzene rings is 3. The van der Waals surface area contributed by atoms with Gasteiger partial charge in [0.15, 0.2) is 0 Å². The second kappa shape index (κ2) is 7.92. The lowest BCUT2D eigenvalue weighted by molar-refractivity contribution is 0.531. The molecule has 0 heterocycles. The van der Waals surface area contributed by atoms with Gasteiger partial charge < -0.3 is 9.80 Å². The summed E-state index contributed by atoms with van der Waals surface area (Å²) in [6.45, 7) is 0. The Balaban J connectivity index is 2.32. The minimum Gasteiger partial charge on any atom is -0.378 e. The first-order valence-corrected chi connectivity index (χ1v) is 9.22. The van der Waals surface area contributed by atoms with E-state index in [0.717, 1.165) is 11.4 Å². The molecule has 0 fully saturated rings. The van der Waals surface area contributed by atoms with Gasteiger partial charge in [-0.1, -0.05) is 30.3 Å². The van der Waals surface area contributed by atoms with Crippen LogP contribution < -0.4 is 9.80 Å². The number of nitrogens with zero attached hydrogens (tertiary/aromatic N) is 3. The molecule has 3 nitrogen and oxygen atoms in total. The van der Waals surface area contributed by atoms with Crippen molar-refractivity contribution < 1.29 is 8.78 Å². The lowest BCUT2D eigenvalue weighted by atomic mass is 9.70. The van der Waals surface area contributed by atoms with Gasteiger partial charge in [-0.25, -0.2) is 8.78 Å². The summed E-state index contributed by atoms with van der Waals surface area (Å²) in [4.78, 5) is 3.85. The first-order valence-electron chi connectivity index (χ1n) is 9.22. The summed E-state index contributed by atoms with van der Waals surface area (Å²) in [6, 6.07) is 20.3. The van der Waals surface area contributed by atoms with E-state index in [9.17, 15) is 14.0 Å². The van der Waals surface area contributed by atoms with Crippen LogP contribution in [0.2, 0.25) is 0 Å². The predicted molar refractivity (Wildman–Crippen MR) is 113 cm³/mol. The van der Waals surface area contributed by atoms with E-state index < -0.39 is 17.0 Å². The van der Waals surface area contributed by atoms with E-state index in [1.54, 1.807) is 24.3 Å². The van der Waals surface area contributed by atoms with Gasteiger partial charge >= 0.3 is 0 Å². The van der Waals surface area contributed by atoms with E-state index in [2.05, 4.69) is 6.07 Å². The minimum absolute atomic E-state index is 0.266. The van der Waals surface area contributed by atoms with Crippen LogP contribution in [0.15, 0.2) is 66.7 Å². The topological polar surface area (TPSA) is 30.3 Å². The van der Waals surface area contributed by atoms with E-state index >= 15 is 0 Å². The summed E-state index contributed by atoms with van der Waals surface area (Å²) < 4.78 is 29.8. The zero-order valence-electron chi connectivity index (χ0n) is 16.9. The van der Waals surface area contributed by atoms with Gasteiger partial charge in [0.05, 0.1) is 11.6 Å². The summed E-state index contributed by atoms with van der Waals surface area (Å²) in [7, 11) is 7.62. The molecular weight excluding hydrogens is 368 g/mol. The molecule has 0 atom stereocenters. The maximum absolute atomic E-state index is 14.9. The molecule has 3 rings (SSSR count). The first-order chi connectivity index (χ1) is 13.8. The van der Waals surface area contributed by atoms with Crippen molar-refractivity contribution in [2.45, 2.75) is 5.41 Å². The zero-order chi connectivity index (χ0) is 21.2. The SMILES string of the molecule is CN(C)c1ccc(C(C#N)(c2ccc(N(C)C)cc2)c2c(F)cccc2F)cc1. The Morgan fingerprint density at radius 3 is 1.38 bits per heavy atom. The van der Waals surface area contributed by atoms with Crippen LogP contribution in [0.25, 0.3) is 0 Å². The van der Waals surface area contributed by atoms with Crippen LogP contribution >= 0.6 is 0 Å². The molecule has 0 bridgehead atoms. The number of rotatable bonds is 5. The average Bonchev–Trinajstić information content (AvgIpc) is 2.71. The standard InChI is InChI=1S/C24H23F2N3/c1-28(2)19-12-8-17(9-13-19)24(16-27,23-21(25)6-5-7-22(23)26)18-10-14-20(15-11-18)29(3)4/h5-15H,1-4H3. The Labute approximate surface area is 170 Å². The monoisotopic (exact) mass is 391 g/mol. The summed E-state index contributed by atoms with van der Waals surface area (Å²) >= 11 is 0. The third-order valence-electron chi connectivity index (χ3n) is 5.14. The van der Waals surface area contributed by atoms with Gasteiger partial charge in [0.1, 0.15) is 17.0 Å². The summed E-state index contributed by atoms with van der Waals surface area (Å²) in [5.41, 5.74) is 0.984. The molecule has 0 aliphatic heterocycles. The van der Waals surface area contributed by atoms with E-state index in [1.165, 1.54) is 18.2 Å². The molecule has 0 unspecified atom stereocenters. The Morgan fingerprint density at radius 2 is 1.07 bits per heavy atom. The molecule has 0 amide bonds. The van der Waals surface area contributed by atoms with Crippen LogP contribution in [0.3, 0.4) is 0 Å². The molecule has 0 saturated heterocycles. The third-order valence-corrected chi connectivity index (χ3v) is 5.14. The number of nitriles is 1. The van der Waals surface area contributed by atoms with Crippen molar-refractivity contribution in [2.24, 2.45) is 0 Å². The molecule has 0 saturated carbocycles. The fraction of sp³-hybridized carbons (Fsp3) is 0.208. The molecule has 0 spiro atoms. The van der Waals surface area contributed by atoms with Crippen molar-refractivity contribution in [1.29, 1.82) is 5.26 Å². The molecule has 29 heavy (non-hydrogen) atoms. The van der Waals surface area contributed by atoms with Gasteiger partial charge in [-0.2, -0.15) is 5.26 Å². The lowest BCUT2D eigenvalue weighted by Crippen LogP contribution is -2.30. The van der Waals surface area contributed by atoms with Crippen molar-refractivity contribution in [3.05, 3.63) is 95.1 Å². The van der Waals surface area contributed by atoms with Crippen molar-refractivity contribution in [1.82, 2.24) is 0 Å². The van der Waals surface area contributed by atoms with Gasteiger partial charge in [0.25, 0.3) is 0 Å². The summed E-state index contributed by atoms with van der Waals surface area (Å²) in [5.74, 6) is -1.50. The zero-order valence-corrected chi connectivity index (χ0v) is 16.9. The maximum atomic E-state index is 14.9. The van der Waals surface area contributed by atoms with Crippen molar-refractivity contribution in [3.8, 4) is 6.07 Å². The molecular formula is C24H23F2N3. The van der Waals surface area contributed by atoms with Crippen molar-refractivity contribution in [2.75, 3.05) is 38.0 Å². The quantitative estimate of drug-likeness (QED) is 0.576. The predicted octanol–water partition coefficient (Wildman–Crippen LogP) is 4.95. The Hall–Kier alpha value is -3.39. The molecule has 0 radical (unpaired) electrons. The van der Waals surface area contributed by atoms with E-state index in [-0.39, 0.29) is 5.56 Å². The molecule has 0 N–H and O–H groups in total. The lowest BCUT2D eigenvalue weighted by Gasteiger charge is -2.30. The molecule has 148 valence electrons. The van der Waals surface area contributed by atoms with Gasteiger partial charge in [-0.3, -0.25) is 0 Å². The number of halogens is 2. The maximum Gasteiger partial charge on any atom is 0.138 e. The van der Waals surface area contributed by atoms with E-state index in [0.29, 0.717) is 11.1 Å². The van der Waals surface area contributed by atoms with Crippen LogP contribution in [-0.2, 0) is 5.41 Å². The number of hydrogen-bond donors (Lipinski definition) is 0. The fourth-order valence-electron chi connectivity index (χ4n) is 3.52. The summed E-state index contributed by atoms with van der Waals surface area (Å²) in [6.07, 6.45) is 0. The Kier molecular flexibility index (Phi) is 5.56. The first kappa shape index (κ1) is 20.3. The molecule has 3 aromatic carbocycles. The average molecular weight is 391 g/mol. The van der Waals surface area contributed by atoms with Gasteiger partial charge in [0.2, 0.25) is 0 Å². The van der Waals surface area contributed by atoms with Crippen molar-refractivity contribution >= 4 is 11.4 Å². The Bertz CT molecular complexity index is 961. The molecule has 0 aliphatic carbocycles. The largest absolute Gasteiger partial charge is 0.378 e. The Morgan fingerprint density at radius 1 is 0.690 bits per heavy atom. The van der Waals surface area contributed by atoms with Gasteiger partial charge in [0, 0.05) is 39.6 Å². The minimum atomic E-state index is -1.62. The van der Waals surface area contributed by atoms with Crippen LogP contribution in [0, 0.1) is 23.0 Å². The highest BCUT2D eigenvalue weighted by Crippen LogP contribution is 2.42. The molecule has 5 heteroatoms. The smallest absolute Gasteiger partial charge is 0.138 e. The van der Waals surface area contributed by atoms with Crippen LogP contribution in [0.5, 0.6) is 0 Å². The molecule has 3 aromatic rings. The number of hydrogen-bond acceptors (Lipinski definition) is 3. The van der Waals surface area contributed by atoms with E-state index in [1.807, 2.05) is 62.3 Å². The molecule has 0 aromatic heterocycles. The second-order valence-corrected chi connectivity index (χ2v) is 7.34. The van der Waals surface area contributed by atoms with Crippen molar-refractivity contribution in [3.63, 3.8) is 0 Å². The normalized spacial score (nSPS) is 11.1. The fourth-order valence-corrected chi connectivity index (χ4v) is 3.52. The molecule has 0 aliphatic rings. The van der Waals surface area contributed by atoms with E-state index in [4.69, 9.17) is 0 Å². The third kappa shape index (κ3) is 3.54. The summed E-state index contributed by atoms with van der Waals surface area (Å²) in [5, 5.41) is 10.3. The van der Waals surface area contributed by atoms with Gasteiger partial charge in [-0.15, -0.1) is 0 Å². The van der Waals surface area contributed by atoms with Crippen LogP contribution in [0.4, 0.5) is 20.2 Å². The van der Waals surface area contributed by atoms with Gasteiger partial charge in [-0.05, 0) is 47.5 Å². The van der Waals surface area contributed by atoms with Crippen LogP contribution in [-0.4, -0.2) is 28.2 Å². The number of anilines is 2. The highest BCUT2D eigenvalue weighted by Gasteiger charge is 2.41. The second-order valence-electron chi connectivity index (χ2n) is 7.34.